The summed E-state index contributed by atoms with van der Waals surface area (Å²) in [5, 5.41) is 15.5. The van der Waals surface area contributed by atoms with Gasteiger partial charge in [-0.1, -0.05) is 60.7 Å². The van der Waals surface area contributed by atoms with Crippen molar-refractivity contribution >= 4 is 16.7 Å². The van der Waals surface area contributed by atoms with Crippen LogP contribution < -0.4 is 0 Å². The molecule has 6 rings (SSSR count). The van der Waals surface area contributed by atoms with Crippen molar-refractivity contribution in [1.29, 1.82) is 0 Å². The molecular formula is C26H20N6O. The highest BCUT2D eigenvalue weighted by atomic mass is 16.3. The monoisotopic (exact) mass is 432 g/mol. The van der Waals surface area contributed by atoms with E-state index in [0.717, 1.165) is 39.0 Å². The van der Waals surface area contributed by atoms with E-state index >= 15 is 0 Å². The molecule has 7 heteroatoms. The topological polar surface area (TPSA) is 81.1 Å². The molecule has 2 aromatic carbocycles. The molecule has 0 unspecified atom stereocenters. The summed E-state index contributed by atoms with van der Waals surface area (Å²) in [7, 11) is 0. The lowest BCUT2D eigenvalue weighted by atomic mass is 9.99. The van der Waals surface area contributed by atoms with Gasteiger partial charge in [-0.15, -0.1) is 5.10 Å². The third-order valence-electron chi connectivity index (χ3n) is 5.73. The van der Waals surface area contributed by atoms with E-state index in [1.807, 2.05) is 48.5 Å². The number of hydrogen-bond donors (Lipinski definition) is 1. The molecule has 0 saturated heterocycles. The number of pyridine rings is 1. The second-order valence-electron chi connectivity index (χ2n) is 7.72. The van der Waals surface area contributed by atoms with E-state index in [9.17, 15) is 5.11 Å². The van der Waals surface area contributed by atoms with Crippen molar-refractivity contribution in [1.82, 2.24) is 29.1 Å². The summed E-state index contributed by atoms with van der Waals surface area (Å²) in [4.78, 5) is 13.9. The van der Waals surface area contributed by atoms with Crippen molar-refractivity contribution in [2.45, 2.75) is 6.54 Å². The van der Waals surface area contributed by atoms with Gasteiger partial charge in [-0.25, -0.2) is 14.5 Å². The smallest absolute Gasteiger partial charge is 0.183 e. The zero-order valence-corrected chi connectivity index (χ0v) is 17.7. The third kappa shape index (κ3) is 3.18. The van der Waals surface area contributed by atoms with E-state index in [4.69, 9.17) is 9.97 Å². The molecule has 6 aromatic rings. The van der Waals surface area contributed by atoms with Crippen LogP contribution in [-0.4, -0.2) is 40.8 Å². The Balaban J connectivity index is 1.76. The van der Waals surface area contributed by atoms with E-state index in [1.165, 1.54) is 0 Å². The first-order chi connectivity index (χ1) is 16.3. The van der Waals surface area contributed by atoms with Gasteiger partial charge in [0.05, 0.1) is 17.7 Å². The second kappa shape index (κ2) is 7.96. The molecule has 0 aliphatic rings. The van der Waals surface area contributed by atoms with Gasteiger partial charge in [-0.05, 0) is 23.3 Å². The SMILES string of the molecule is OCCn1c(-c2ccccc2)c(-c2ccccc2)c2c1ncn1nc(-c3cccnc3)nc21. The Kier molecular flexibility index (Phi) is 4.66. The van der Waals surface area contributed by atoms with Gasteiger partial charge in [0.15, 0.2) is 11.5 Å². The minimum atomic E-state index is -0.00166. The van der Waals surface area contributed by atoms with Crippen molar-refractivity contribution in [3.8, 4) is 33.8 Å². The largest absolute Gasteiger partial charge is 0.395 e. The maximum absolute atomic E-state index is 9.91. The standard InChI is InChI=1S/C26H20N6O/c33-15-14-31-23(19-10-5-2-6-11-19)21(18-8-3-1-4-9-18)22-25(31)28-17-32-26(22)29-24(30-32)20-12-7-13-27-16-20/h1-13,16-17,33H,14-15H2. The fraction of sp³-hybridized carbons (Fsp3) is 0.0769. The Morgan fingerprint density at radius 2 is 1.52 bits per heavy atom. The van der Waals surface area contributed by atoms with E-state index < -0.39 is 0 Å². The maximum Gasteiger partial charge on any atom is 0.183 e. The molecule has 0 fully saturated rings. The summed E-state index contributed by atoms with van der Waals surface area (Å²) >= 11 is 0. The average Bonchev–Trinajstić information content (AvgIpc) is 3.45. The molecule has 160 valence electrons. The minimum Gasteiger partial charge on any atom is -0.395 e. The number of aliphatic hydroxyl groups is 1. The van der Waals surface area contributed by atoms with Crippen molar-refractivity contribution in [2.75, 3.05) is 6.61 Å². The van der Waals surface area contributed by atoms with Crippen LogP contribution in [0.4, 0.5) is 0 Å². The first-order valence-corrected chi connectivity index (χ1v) is 10.7. The highest BCUT2D eigenvalue weighted by Gasteiger charge is 2.24. The van der Waals surface area contributed by atoms with Crippen LogP contribution in [0.3, 0.4) is 0 Å². The first-order valence-electron chi connectivity index (χ1n) is 10.7. The van der Waals surface area contributed by atoms with Crippen LogP contribution in [0.2, 0.25) is 0 Å². The van der Waals surface area contributed by atoms with Crippen LogP contribution in [0.1, 0.15) is 0 Å². The summed E-state index contributed by atoms with van der Waals surface area (Å²) in [5.74, 6) is 0.590. The van der Waals surface area contributed by atoms with Crippen LogP contribution >= 0.6 is 0 Å². The molecule has 7 nitrogen and oxygen atoms in total. The van der Waals surface area contributed by atoms with Gasteiger partial charge in [0, 0.05) is 30.1 Å². The highest BCUT2D eigenvalue weighted by molar-refractivity contribution is 6.09. The van der Waals surface area contributed by atoms with Crippen molar-refractivity contribution in [3.63, 3.8) is 0 Å². The zero-order chi connectivity index (χ0) is 22.2. The van der Waals surface area contributed by atoms with Crippen LogP contribution in [0.5, 0.6) is 0 Å². The van der Waals surface area contributed by atoms with Crippen LogP contribution in [0, 0.1) is 0 Å². The number of benzene rings is 2. The summed E-state index contributed by atoms with van der Waals surface area (Å²) < 4.78 is 3.79. The average molecular weight is 432 g/mol. The minimum absolute atomic E-state index is 0.00166. The predicted octanol–water partition coefficient (Wildman–Crippen LogP) is 4.47. The summed E-state index contributed by atoms with van der Waals surface area (Å²) in [6.45, 7) is 0.415. The molecule has 0 saturated carbocycles. The predicted molar refractivity (Wildman–Crippen MR) is 127 cm³/mol. The van der Waals surface area contributed by atoms with Gasteiger partial charge < -0.3 is 9.67 Å². The van der Waals surface area contributed by atoms with Gasteiger partial charge in [0.2, 0.25) is 0 Å². The molecule has 0 atom stereocenters. The maximum atomic E-state index is 9.91. The lowest BCUT2D eigenvalue weighted by Crippen LogP contribution is -2.05. The van der Waals surface area contributed by atoms with Gasteiger partial charge >= 0.3 is 0 Å². The Bertz CT molecular complexity index is 1560. The molecule has 0 spiro atoms. The number of hydrogen-bond acceptors (Lipinski definition) is 5. The van der Waals surface area contributed by atoms with Crippen molar-refractivity contribution in [2.24, 2.45) is 0 Å². The number of aromatic nitrogens is 6. The normalized spacial score (nSPS) is 11.4. The molecule has 0 bridgehead atoms. The van der Waals surface area contributed by atoms with E-state index in [0.29, 0.717) is 18.0 Å². The fourth-order valence-electron chi connectivity index (χ4n) is 4.35. The molecule has 4 aromatic heterocycles. The highest BCUT2D eigenvalue weighted by Crippen LogP contribution is 2.41. The van der Waals surface area contributed by atoms with Crippen molar-refractivity contribution < 1.29 is 5.11 Å². The van der Waals surface area contributed by atoms with E-state index in [-0.39, 0.29) is 6.61 Å². The number of nitrogens with zero attached hydrogens (tertiary/aromatic N) is 6. The molecule has 0 amide bonds. The van der Waals surface area contributed by atoms with Gasteiger partial charge in [0.25, 0.3) is 0 Å². The van der Waals surface area contributed by atoms with Crippen LogP contribution in [0.15, 0.2) is 91.5 Å². The third-order valence-corrected chi connectivity index (χ3v) is 5.73. The van der Waals surface area contributed by atoms with E-state index in [2.05, 4.69) is 38.9 Å². The lowest BCUT2D eigenvalue weighted by molar-refractivity contribution is 0.278. The Hall–Kier alpha value is -4.36. The Morgan fingerprint density at radius 3 is 2.21 bits per heavy atom. The molecule has 0 aliphatic carbocycles. The lowest BCUT2D eigenvalue weighted by Gasteiger charge is -2.11. The first kappa shape index (κ1) is 19.3. The van der Waals surface area contributed by atoms with Gasteiger partial charge in [-0.3, -0.25) is 4.98 Å². The molecule has 33 heavy (non-hydrogen) atoms. The molecule has 4 heterocycles. The quantitative estimate of drug-likeness (QED) is 0.435. The fourth-order valence-corrected chi connectivity index (χ4v) is 4.35. The summed E-state index contributed by atoms with van der Waals surface area (Å²) in [6, 6.07) is 24.2. The molecule has 0 aliphatic heterocycles. The summed E-state index contributed by atoms with van der Waals surface area (Å²) in [6.07, 6.45) is 5.17. The number of aliphatic hydroxyl groups excluding tert-OH is 1. The Labute approximate surface area is 189 Å². The second-order valence-corrected chi connectivity index (χ2v) is 7.72. The number of rotatable bonds is 5. The molecule has 1 N–H and O–H groups in total. The van der Waals surface area contributed by atoms with Gasteiger partial charge in [0.1, 0.15) is 12.0 Å². The zero-order valence-electron chi connectivity index (χ0n) is 17.7. The Morgan fingerprint density at radius 1 is 0.788 bits per heavy atom. The van der Waals surface area contributed by atoms with E-state index in [1.54, 1.807) is 23.2 Å². The molecule has 0 radical (unpaired) electrons. The van der Waals surface area contributed by atoms with Crippen LogP contribution in [0.25, 0.3) is 50.5 Å². The number of fused-ring (bicyclic) bond motifs is 3. The van der Waals surface area contributed by atoms with Crippen LogP contribution in [-0.2, 0) is 6.54 Å². The van der Waals surface area contributed by atoms with Gasteiger partial charge in [-0.2, -0.15) is 0 Å². The van der Waals surface area contributed by atoms with Crippen molar-refractivity contribution in [3.05, 3.63) is 91.5 Å². The molecular weight excluding hydrogens is 412 g/mol. The summed E-state index contributed by atoms with van der Waals surface area (Å²) in [5.41, 5.74) is 6.44.